The van der Waals surface area contributed by atoms with Gasteiger partial charge in [-0.1, -0.05) is 6.92 Å². The van der Waals surface area contributed by atoms with Crippen molar-refractivity contribution in [2.24, 2.45) is 0 Å². The SMILES string of the molecule is CCCNc1ncccc1C(=O)N(CCO)CCO. The van der Waals surface area contributed by atoms with Crippen LogP contribution >= 0.6 is 0 Å². The maximum absolute atomic E-state index is 12.3. The van der Waals surface area contributed by atoms with Crippen molar-refractivity contribution in [2.45, 2.75) is 13.3 Å². The third-order valence-corrected chi connectivity index (χ3v) is 2.61. The number of carbonyl (C=O) groups excluding carboxylic acids is 1. The van der Waals surface area contributed by atoms with Crippen LogP contribution in [-0.4, -0.2) is 58.9 Å². The lowest BCUT2D eigenvalue weighted by atomic mass is 10.2. The number of pyridine rings is 1. The molecule has 0 bridgehead atoms. The molecule has 0 unspecified atom stereocenters. The Morgan fingerprint density at radius 1 is 1.37 bits per heavy atom. The van der Waals surface area contributed by atoms with Crippen molar-refractivity contribution < 1.29 is 15.0 Å². The van der Waals surface area contributed by atoms with Gasteiger partial charge in [0.25, 0.3) is 5.91 Å². The first kappa shape index (κ1) is 15.4. The van der Waals surface area contributed by atoms with Crippen molar-refractivity contribution in [3.05, 3.63) is 23.9 Å². The number of nitrogens with one attached hydrogen (secondary N) is 1. The molecule has 1 amide bonds. The molecule has 1 heterocycles. The maximum Gasteiger partial charge on any atom is 0.257 e. The second kappa shape index (κ2) is 8.44. The van der Waals surface area contributed by atoms with Crippen LogP contribution in [-0.2, 0) is 0 Å². The van der Waals surface area contributed by atoms with Gasteiger partial charge in [-0.05, 0) is 18.6 Å². The Hall–Kier alpha value is -1.66. The van der Waals surface area contributed by atoms with Gasteiger partial charge in [0.15, 0.2) is 0 Å². The highest BCUT2D eigenvalue weighted by molar-refractivity contribution is 5.98. The number of rotatable bonds is 8. The summed E-state index contributed by atoms with van der Waals surface area (Å²) >= 11 is 0. The Morgan fingerprint density at radius 2 is 2.05 bits per heavy atom. The largest absolute Gasteiger partial charge is 0.395 e. The summed E-state index contributed by atoms with van der Waals surface area (Å²) in [6, 6.07) is 3.38. The van der Waals surface area contributed by atoms with E-state index < -0.39 is 0 Å². The van der Waals surface area contributed by atoms with Gasteiger partial charge in [-0.3, -0.25) is 4.79 Å². The number of hydrogen-bond acceptors (Lipinski definition) is 5. The molecule has 0 saturated carbocycles. The van der Waals surface area contributed by atoms with E-state index in [1.165, 1.54) is 4.90 Å². The van der Waals surface area contributed by atoms with Gasteiger partial charge in [0.05, 0.1) is 18.8 Å². The van der Waals surface area contributed by atoms with E-state index in [0.717, 1.165) is 13.0 Å². The van der Waals surface area contributed by atoms with Crippen LogP contribution in [0.3, 0.4) is 0 Å². The first-order valence-electron chi connectivity index (χ1n) is 6.44. The number of aliphatic hydroxyl groups is 2. The Kier molecular flexibility index (Phi) is 6.84. The quantitative estimate of drug-likeness (QED) is 0.632. The zero-order valence-electron chi connectivity index (χ0n) is 11.2. The Bertz CT molecular complexity index is 392. The molecular weight excluding hydrogens is 246 g/mol. The molecule has 0 aliphatic rings. The zero-order chi connectivity index (χ0) is 14.1. The summed E-state index contributed by atoms with van der Waals surface area (Å²) in [5, 5.41) is 21.0. The minimum Gasteiger partial charge on any atom is -0.395 e. The molecule has 1 aromatic rings. The molecule has 0 saturated heterocycles. The number of hydrogen-bond donors (Lipinski definition) is 3. The number of nitrogens with zero attached hydrogens (tertiary/aromatic N) is 2. The van der Waals surface area contributed by atoms with Crippen LogP contribution in [0.2, 0.25) is 0 Å². The van der Waals surface area contributed by atoms with Crippen molar-refractivity contribution in [2.75, 3.05) is 38.2 Å². The molecule has 6 heteroatoms. The first-order chi connectivity index (χ1) is 9.24. The molecule has 0 aliphatic heterocycles. The molecule has 0 atom stereocenters. The Morgan fingerprint density at radius 3 is 2.63 bits per heavy atom. The monoisotopic (exact) mass is 267 g/mol. The van der Waals surface area contributed by atoms with Crippen molar-refractivity contribution in [1.29, 1.82) is 0 Å². The molecule has 19 heavy (non-hydrogen) atoms. The molecule has 1 aromatic heterocycles. The Labute approximate surface area is 113 Å². The molecule has 0 aliphatic carbocycles. The van der Waals surface area contributed by atoms with Crippen LogP contribution in [0.25, 0.3) is 0 Å². The van der Waals surface area contributed by atoms with E-state index in [9.17, 15) is 4.79 Å². The molecule has 1 rings (SSSR count). The highest BCUT2D eigenvalue weighted by Crippen LogP contribution is 2.14. The minimum atomic E-state index is -0.241. The van der Waals surface area contributed by atoms with Gasteiger partial charge in [0, 0.05) is 25.8 Å². The average Bonchev–Trinajstić information content (AvgIpc) is 2.44. The van der Waals surface area contributed by atoms with Crippen LogP contribution in [0.5, 0.6) is 0 Å². The third-order valence-electron chi connectivity index (χ3n) is 2.61. The van der Waals surface area contributed by atoms with Gasteiger partial charge in [-0.2, -0.15) is 0 Å². The van der Waals surface area contributed by atoms with Gasteiger partial charge in [-0.15, -0.1) is 0 Å². The van der Waals surface area contributed by atoms with Crippen molar-refractivity contribution in [3.63, 3.8) is 0 Å². The summed E-state index contributed by atoms with van der Waals surface area (Å²) in [6.07, 6.45) is 2.55. The van der Waals surface area contributed by atoms with Gasteiger partial charge < -0.3 is 20.4 Å². The highest BCUT2D eigenvalue weighted by Gasteiger charge is 2.18. The lowest BCUT2D eigenvalue weighted by Gasteiger charge is -2.21. The number of amides is 1. The average molecular weight is 267 g/mol. The fourth-order valence-electron chi connectivity index (χ4n) is 1.69. The lowest BCUT2D eigenvalue weighted by Crippen LogP contribution is -2.36. The van der Waals surface area contributed by atoms with E-state index in [1.807, 2.05) is 6.92 Å². The summed E-state index contributed by atoms with van der Waals surface area (Å²) < 4.78 is 0. The smallest absolute Gasteiger partial charge is 0.257 e. The molecule has 3 N–H and O–H groups in total. The van der Waals surface area contributed by atoms with Crippen molar-refractivity contribution in [1.82, 2.24) is 9.88 Å². The van der Waals surface area contributed by atoms with Crippen LogP contribution in [0.1, 0.15) is 23.7 Å². The number of carbonyl (C=O) groups is 1. The van der Waals surface area contributed by atoms with Gasteiger partial charge in [0.2, 0.25) is 0 Å². The molecule has 0 radical (unpaired) electrons. The normalized spacial score (nSPS) is 10.3. The topological polar surface area (TPSA) is 85.7 Å². The van der Waals surface area contributed by atoms with Crippen LogP contribution in [0.4, 0.5) is 5.82 Å². The van der Waals surface area contributed by atoms with E-state index in [0.29, 0.717) is 11.4 Å². The second-order valence-corrected chi connectivity index (χ2v) is 4.07. The standard InChI is InChI=1S/C13H21N3O3/c1-2-5-14-12-11(4-3-6-15-12)13(19)16(7-9-17)8-10-18/h3-4,6,17-18H,2,5,7-10H2,1H3,(H,14,15). The molecule has 106 valence electrons. The molecule has 0 spiro atoms. The van der Waals surface area contributed by atoms with Crippen molar-refractivity contribution >= 4 is 11.7 Å². The summed E-state index contributed by atoms with van der Waals surface area (Å²) in [6.45, 7) is 2.88. The maximum atomic E-state index is 12.3. The predicted octanol–water partition coefficient (Wildman–Crippen LogP) is 0.330. The van der Waals surface area contributed by atoms with E-state index in [-0.39, 0.29) is 32.2 Å². The van der Waals surface area contributed by atoms with Gasteiger partial charge >= 0.3 is 0 Å². The number of anilines is 1. The van der Waals surface area contributed by atoms with Crippen molar-refractivity contribution in [3.8, 4) is 0 Å². The molecular formula is C13H21N3O3. The lowest BCUT2D eigenvalue weighted by molar-refractivity contribution is 0.0685. The summed E-state index contributed by atoms with van der Waals surface area (Å²) in [7, 11) is 0. The van der Waals surface area contributed by atoms with Crippen LogP contribution < -0.4 is 5.32 Å². The third kappa shape index (κ3) is 4.50. The predicted molar refractivity (Wildman–Crippen MR) is 73.1 cm³/mol. The summed E-state index contributed by atoms with van der Waals surface area (Å²) in [5.41, 5.74) is 0.456. The zero-order valence-corrected chi connectivity index (χ0v) is 11.2. The van der Waals surface area contributed by atoms with E-state index in [1.54, 1.807) is 18.3 Å². The summed E-state index contributed by atoms with van der Waals surface area (Å²) in [5.74, 6) is 0.296. The van der Waals surface area contributed by atoms with Crippen LogP contribution in [0, 0.1) is 0 Å². The molecule has 0 fully saturated rings. The van der Waals surface area contributed by atoms with Gasteiger partial charge in [0.1, 0.15) is 5.82 Å². The Balaban J connectivity index is 2.89. The number of aliphatic hydroxyl groups excluding tert-OH is 2. The molecule has 6 nitrogen and oxygen atoms in total. The van der Waals surface area contributed by atoms with E-state index in [2.05, 4.69) is 10.3 Å². The first-order valence-corrected chi connectivity index (χ1v) is 6.44. The fraction of sp³-hybridized carbons (Fsp3) is 0.538. The van der Waals surface area contributed by atoms with Crippen LogP contribution in [0.15, 0.2) is 18.3 Å². The second-order valence-electron chi connectivity index (χ2n) is 4.07. The molecule has 0 aromatic carbocycles. The van der Waals surface area contributed by atoms with E-state index >= 15 is 0 Å². The van der Waals surface area contributed by atoms with E-state index in [4.69, 9.17) is 10.2 Å². The van der Waals surface area contributed by atoms with Gasteiger partial charge in [-0.25, -0.2) is 4.98 Å². The highest BCUT2D eigenvalue weighted by atomic mass is 16.3. The summed E-state index contributed by atoms with van der Waals surface area (Å²) in [4.78, 5) is 17.9. The fourth-order valence-corrected chi connectivity index (χ4v) is 1.69. The minimum absolute atomic E-state index is 0.135. The number of aromatic nitrogens is 1.